The minimum absolute atomic E-state index is 0.0397. The van der Waals surface area contributed by atoms with Crippen molar-refractivity contribution in [3.8, 4) is 0 Å². The van der Waals surface area contributed by atoms with E-state index in [1.54, 1.807) is 6.07 Å². The molecule has 0 atom stereocenters. The van der Waals surface area contributed by atoms with Crippen LogP contribution in [-0.4, -0.2) is 24.9 Å². The monoisotopic (exact) mass is 343 g/mol. The molecule has 0 aromatic heterocycles. The first kappa shape index (κ1) is 19.2. The van der Waals surface area contributed by atoms with Gasteiger partial charge in [0.05, 0.1) is 6.54 Å². The molecule has 0 heterocycles. The van der Waals surface area contributed by atoms with Crippen LogP contribution in [0.25, 0.3) is 0 Å². The Morgan fingerprint density at radius 2 is 1.88 bits per heavy atom. The van der Waals surface area contributed by atoms with Crippen LogP contribution in [0.4, 0.5) is 11.4 Å². The molecule has 0 unspecified atom stereocenters. The maximum atomic E-state index is 12.0. The van der Waals surface area contributed by atoms with Crippen LogP contribution >= 0.6 is 0 Å². The molecule has 3 N–H and O–H groups in total. The van der Waals surface area contributed by atoms with Crippen molar-refractivity contribution in [2.45, 2.75) is 46.0 Å². The van der Waals surface area contributed by atoms with Crippen LogP contribution in [-0.2, 0) is 9.59 Å². The summed E-state index contributed by atoms with van der Waals surface area (Å²) in [6.07, 6.45) is 8.33. The second-order valence-electron chi connectivity index (χ2n) is 6.81. The number of hydrogen-bond donors (Lipinski definition) is 3. The number of rotatable bonds is 8. The molecular weight excluding hydrogens is 314 g/mol. The summed E-state index contributed by atoms with van der Waals surface area (Å²) in [4.78, 5) is 23.8. The Hall–Kier alpha value is -2.14. The molecule has 1 aromatic carbocycles. The van der Waals surface area contributed by atoms with E-state index in [-0.39, 0.29) is 24.3 Å². The molecule has 136 valence electrons. The number of anilines is 2. The fourth-order valence-corrected chi connectivity index (χ4v) is 2.75. The first-order valence-corrected chi connectivity index (χ1v) is 9.14. The Bertz CT molecular complexity index is 623. The molecule has 0 radical (unpaired) electrons. The first-order valence-electron chi connectivity index (χ1n) is 9.14. The van der Waals surface area contributed by atoms with Crippen molar-refractivity contribution in [3.05, 3.63) is 35.9 Å². The molecule has 0 aliphatic heterocycles. The highest BCUT2D eigenvalue weighted by atomic mass is 16.2. The van der Waals surface area contributed by atoms with Crippen LogP contribution < -0.4 is 16.0 Å². The third kappa shape index (κ3) is 7.10. The molecule has 1 aliphatic rings. The van der Waals surface area contributed by atoms with Crippen molar-refractivity contribution in [3.63, 3.8) is 0 Å². The molecule has 0 spiro atoms. The molecule has 0 saturated heterocycles. The Labute approximate surface area is 150 Å². The number of hydrogen-bond acceptors (Lipinski definition) is 3. The van der Waals surface area contributed by atoms with E-state index in [4.69, 9.17) is 0 Å². The van der Waals surface area contributed by atoms with E-state index in [1.165, 1.54) is 31.3 Å². The van der Waals surface area contributed by atoms with Gasteiger partial charge in [0.2, 0.25) is 11.8 Å². The molecule has 1 aliphatic carbocycles. The summed E-state index contributed by atoms with van der Waals surface area (Å²) in [5.41, 5.74) is 2.88. The van der Waals surface area contributed by atoms with Gasteiger partial charge < -0.3 is 16.0 Å². The smallest absolute Gasteiger partial charge is 0.238 e. The van der Waals surface area contributed by atoms with E-state index in [0.29, 0.717) is 11.4 Å². The lowest BCUT2D eigenvalue weighted by molar-refractivity contribution is -0.119. The topological polar surface area (TPSA) is 70.2 Å². The zero-order valence-corrected chi connectivity index (χ0v) is 15.2. The van der Waals surface area contributed by atoms with Gasteiger partial charge in [0.15, 0.2) is 0 Å². The summed E-state index contributed by atoms with van der Waals surface area (Å²) in [7, 11) is 0. The summed E-state index contributed by atoms with van der Waals surface area (Å²) >= 11 is 0. The van der Waals surface area contributed by atoms with Gasteiger partial charge in [-0.15, -0.1) is 0 Å². The van der Waals surface area contributed by atoms with Crippen molar-refractivity contribution >= 4 is 23.2 Å². The minimum Gasteiger partial charge on any atom is -0.326 e. The van der Waals surface area contributed by atoms with Gasteiger partial charge in [-0.2, -0.15) is 0 Å². The van der Waals surface area contributed by atoms with Crippen LogP contribution in [0.15, 0.2) is 35.9 Å². The number of nitrogens with one attached hydrogen (secondary N) is 3. The van der Waals surface area contributed by atoms with E-state index in [0.717, 1.165) is 13.0 Å². The van der Waals surface area contributed by atoms with E-state index in [9.17, 15) is 9.59 Å². The summed E-state index contributed by atoms with van der Waals surface area (Å²) in [5.74, 6) is -0.200. The average molecular weight is 343 g/mol. The quantitative estimate of drug-likeness (QED) is 0.498. The van der Waals surface area contributed by atoms with E-state index in [1.807, 2.05) is 32.0 Å². The molecule has 0 fully saturated rings. The normalized spacial score (nSPS) is 14.1. The molecule has 5 nitrogen and oxygen atoms in total. The van der Waals surface area contributed by atoms with Crippen LogP contribution in [0.2, 0.25) is 0 Å². The molecule has 0 saturated carbocycles. The Morgan fingerprint density at radius 3 is 2.56 bits per heavy atom. The van der Waals surface area contributed by atoms with Crippen molar-refractivity contribution in [2.24, 2.45) is 5.92 Å². The highest BCUT2D eigenvalue weighted by Crippen LogP contribution is 2.19. The van der Waals surface area contributed by atoms with Gasteiger partial charge in [-0.1, -0.05) is 31.6 Å². The van der Waals surface area contributed by atoms with Crippen molar-refractivity contribution in [1.82, 2.24) is 5.32 Å². The number of carbonyl (C=O) groups is 2. The predicted octanol–water partition coefficient (Wildman–Crippen LogP) is 3.70. The van der Waals surface area contributed by atoms with Crippen LogP contribution in [0.1, 0.15) is 46.0 Å². The fourth-order valence-electron chi connectivity index (χ4n) is 2.75. The molecule has 5 heteroatoms. The largest absolute Gasteiger partial charge is 0.326 e. The second kappa shape index (κ2) is 9.99. The van der Waals surface area contributed by atoms with Gasteiger partial charge >= 0.3 is 0 Å². The number of amides is 2. The fraction of sp³-hybridized carbons (Fsp3) is 0.500. The lowest BCUT2D eigenvalue weighted by atomic mass is 9.97. The molecule has 2 rings (SSSR count). The maximum absolute atomic E-state index is 12.0. The molecule has 25 heavy (non-hydrogen) atoms. The third-order valence-electron chi connectivity index (χ3n) is 4.23. The maximum Gasteiger partial charge on any atom is 0.238 e. The van der Waals surface area contributed by atoms with E-state index < -0.39 is 0 Å². The summed E-state index contributed by atoms with van der Waals surface area (Å²) in [5, 5.41) is 8.88. The van der Waals surface area contributed by atoms with Crippen LogP contribution in [0.3, 0.4) is 0 Å². The van der Waals surface area contributed by atoms with Gasteiger partial charge in [0.25, 0.3) is 0 Å². The summed E-state index contributed by atoms with van der Waals surface area (Å²) in [6.45, 7) is 4.80. The zero-order chi connectivity index (χ0) is 18.1. The molecular formula is C20H29N3O2. The third-order valence-corrected chi connectivity index (χ3v) is 4.23. The standard InChI is InChI=1S/C20H29N3O2/c1-15(2)20(25)23-18-10-6-9-17(13-18)22-19(24)14-21-12-11-16-7-4-3-5-8-16/h6-7,9-10,13,15,21H,3-5,8,11-12,14H2,1-2H3,(H,22,24)(H,23,25). The highest BCUT2D eigenvalue weighted by molar-refractivity contribution is 5.95. The lowest BCUT2D eigenvalue weighted by Crippen LogP contribution is -2.29. The number of allylic oxidation sites excluding steroid dienone is 1. The van der Waals surface area contributed by atoms with Crippen molar-refractivity contribution in [1.29, 1.82) is 0 Å². The summed E-state index contributed by atoms with van der Waals surface area (Å²) in [6, 6.07) is 7.21. The predicted molar refractivity (Wildman–Crippen MR) is 103 cm³/mol. The number of carbonyl (C=O) groups excluding carboxylic acids is 2. The Balaban J connectivity index is 1.72. The van der Waals surface area contributed by atoms with Gasteiger partial charge in [-0.3, -0.25) is 9.59 Å². The SMILES string of the molecule is CC(C)C(=O)Nc1cccc(NC(=O)CNCCC2=CCCCC2)c1. The van der Waals surface area contributed by atoms with Gasteiger partial charge in [-0.05, 0) is 56.8 Å². The van der Waals surface area contributed by atoms with Crippen LogP contribution in [0.5, 0.6) is 0 Å². The first-order chi connectivity index (χ1) is 12.0. The van der Waals surface area contributed by atoms with Crippen molar-refractivity contribution in [2.75, 3.05) is 23.7 Å². The minimum atomic E-state index is -0.0817. The average Bonchev–Trinajstić information content (AvgIpc) is 2.60. The zero-order valence-electron chi connectivity index (χ0n) is 15.2. The summed E-state index contributed by atoms with van der Waals surface area (Å²) < 4.78 is 0. The molecule has 1 aromatic rings. The second-order valence-corrected chi connectivity index (χ2v) is 6.81. The van der Waals surface area contributed by atoms with Gasteiger partial charge in [-0.25, -0.2) is 0 Å². The van der Waals surface area contributed by atoms with E-state index >= 15 is 0 Å². The molecule has 2 amide bonds. The molecule has 0 bridgehead atoms. The van der Waals surface area contributed by atoms with E-state index in [2.05, 4.69) is 22.0 Å². The van der Waals surface area contributed by atoms with Crippen molar-refractivity contribution < 1.29 is 9.59 Å². The van der Waals surface area contributed by atoms with Crippen LogP contribution in [0, 0.1) is 5.92 Å². The lowest BCUT2D eigenvalue weighted by Gasteiger charge is -2.13. The Kier molecular flexibility index (Phi) is 7.67. The Morgan fingerprint density at radius 1 is 1.12 bits per heavy atom. The number of benzene rings is 1. The highest BCUT2D eigenvalue weighted by Gasteiger charge is 2.08. The van der Waals surface area contributed by atoms with Gasteiger partial charge in [0.1, 0.15) is 0 Å². The van der Waals surface area contributed by atoms with Gasteiger partial charge in [0, 0.05) is 17.3 Å².